The highest BCUT2D eigenvalue weighted by atomic mass is 32.2. The van der Waals surface area contributed by atoms with E-state index in [1.165, 1.54) is 6.92 Å². The highest BCUT2D eigenvalue weighted by Crippen LogP contribution is 2.34. The molecule has 1 aromatic heterocycles. The number of hydrogen-bond acceptors (Lipinski definition) is 6. The fourth-order valence-corrected chi connectivity index (χ4v) is 3.96. The Labute approximate surface area is 129 Å². The summed E-state index contributed by atoms with van der Waals surface area (Å²) in [6.07, 6.45) is 5.97. The maximum atomic E-state index is 12.4. The molecule has 1 amide bonds. The molecular formula is C13H21N5O3S. The molecule has 0 saturated heterocycles. The zero-order valence-corrected chi connectivity index (χ0v) is 13.4. The minimum Gasteiger partial charge on any atom is -0.352 e. The lowest BCUT2D eigenvalue weighted by Crippen LogP contribution is -2.42. The largest absolute Gasteiger partial charge is 0.352 e. The van der Waals surface area contributed by atoms with Gasteiger partial charge in [0.05, 0.1) is 6.04 Å². The van der Waals surface area contributed by atoms with Gasteiger partial charge in [0.1, 0.15) is 11.0 Å². The van der Waals surface area contributed by atoms with Crippen molar-refractivity contribution in [2.75, 3.05) is 0 Å². The van der Waals surface area contributed by atoms with Gasteiger partial charge < -0.3 is 5.32 Å². The first kappa shape index (κ1) is 15.4. The lowest BCUT2D eigenvalue weighted by Gasteiger charge is -2.16. The van der Waals surface area contributed by atoms with Gasteiger partial charge in [-0.05, 0) is 43.0 Å². The minimum absolute atomic E-state index is 0.113. The summed E-state index contributed by atoms with van der Waals surface area (Å²) in [6, 6.07) is 0.324. The van der Waals surface area contributed by atoms with E-state index in [1.54, 1.807) is 4.68 Å². The van der Waals surface area contributed by atoms with Crippen molar-refractivity contribution in [3.05, 3.63) is 5.82 Å². The molecule has 22 heavy (non-hydrogen) atoms. The summed E-state index contributed by atoms with van der Waals surface area (Å²) in [5.41, 5.74) is 0. The standard InChI is InChI=1S/C13H21N5O3S/c1-9(13(19)14-10-4-2-3-5-10)22(20,21)8-12-15-16-17-18(12)11-6-7-11/h9-11H,2-8H2,1H3,(H,14,19)/t9-/m1/s1. The summed E-state index contributed by atoms with van der Waals surface area (Å²) in [5, 5.41) is 12.9. The Hall–Kier alpha value is -1.51. The van der Waals surface area contributed by atoms with E-state index >= 15 is 0 Å². The number of rotatable bonds is 6. The number of nitrogens with zero attached hydrogens (tertiary/aromatic N) is 4. The van der Waals surface area contributed by atoms with Gasteiger partial charge in [0.15, 0.2) is 15.7 Å². The summed E-state index contributed by atoms with van der Waals surface area (Å²) in [5.74, 6) is -0.393. The van der Waals surface area contributed by atoms with Gasteiger partial charge in [-0.3, -0.25) is 4.79 Å². The fourth-order valence-electron chi connectivity index (χ4n) is 2.77. The van der Waals surface area contributed by atoms with Gasteiger partial charge in [0.2, 0.25) is 5.91 Å². The van der Waals surface area contributed by atoms with Crippen LogP contribution in [0.5, 0.6) is 0 Å². The Bertz CT molecular complexity index is 646. The highest BCUT2D eigenvalue weighted by molar-refractivity contribution is 7.92. The molecule has 0 spiro atoms. The van der Waals surface area contributed by atoms with Crippen molar-refractivity contribution in [3.8, 4) is 0 Å². The number of aromatic nitrogens is 4. The van der Waals surface area contributed by atoms with Crippen molar-refractivity contribution in [2.24, 2.45) is 0 Å². The van der Waals surface area contributed by atoms with E-state index in [-0.39, 0.29) is 17.8 Å². The fraction of sp³-hybridized carbons (Fsp3) is 0.846. The molecule has 0 radical (unpaired) electrons. The normalized spacial score (nSPS) is 21.0. The lowest BCUT2D eigenvalue weighted by molar-refractivity contribution is -0.121. The van der Waals surface area contributed by atoms with Crippen LogP contribution in [0.1, 0.15) is 57.3 Å². The third-order valence-electron chi connectivity index (χ3n) is 4.39. The maximum Gasteiger partial charge on any atom is 0.238 e. The van der Waals surface area contributed by atoms with Crippen molar-refractivity contribution in [1.29, 1.82) is 0 Å². The third-order valence-corrected chi connectivity index (χ3v) is 6.35. The molecule has 1 atom stereocenters. The van der Waals surface area contributed by atoms with E-state index in [4.69, 9.17) is 0 Å². The Morgan fingerprint density at radius 1 is 1.32 bits per heavy atom. The van der Waals surface area contributed by atoms with Crippen LogP contribution in [-0.4, -0.2) is 45.8 Å². The van der Waals surface area contributed by atoms with Crippen molar-refractivity contribution in [1.82, 2.24) is 25.5 Å². The SMILES string of the molecule is C[C@H](C(=O)NC1CCCC1)S(=O)(=O)Cc1nnnn1C1CC1. The number of nitrogens with one attached hydrogen (secondary N) is 1. The van der Waals surface area contributed by atoms with Crippen LogP contribution in [0.15, 0.2) is 0 Å². The Balaban J connectivity index is 1.65. The second-order valence-corrected chi connectivity index (χ2v) is 8.53. The van der Waals surface area contributed by atoms with Gasteiger partial charge in [-0.15, -0.1) is 5.10 Å². The van der Waals surface area contributed by atoms with Gasteiger partial charge >= 0.3 is 0 Å². The van der Waals surface area contributed by atoms with Crippen molar-refractivity contribution in [2.45, 2.75) is 68.5 Å². The first-order chi connectivity index (χ1) is 10.5. The zero-order chi connectivity index (χ0) is 15.7. The number of amides is 1. The van der Waals surface area contributed by atoms with Gasteiger partial charge in [0.25, 0.3) is 0 Å². The summed E-state index contributed by atoms with van der Waals surface area (Å²) in [6.45, 7) is 1.44. The lowest BCUT2D eigenvalue weighted by atomic mass is 10.2. The zero-order valence-electron chi connectivity index (χ0n) is 12.6. The molecule has 0 aliphatic heterocycles. The van der Waals surface area contributed by atoms with E-state index in [1.807, 2.05) is 0 Å². The molecule has 1 aromatic rings. The molecule has 9 heteroatoms. The van der Waals surface area contributed by atoms with Crippen LogP contribution in [0.2, 0.25) is 0 Å². The molecule has 8 nitrogen and oxygen atoms in total. The van der Waals surface area contributed by atoms with Gasteiger partial charge in [-0.25, -0.2) is 13.1 Å². The quantitative estimate of drug-likeness (QED) is 0.809. The smallest absolute Gasteiger partial charge is 0.238 e. The molecule has 2 aliphatic carbocycles. The number of tetrazole rings is 1. The minimum atomic E-state index is -3.63. The van der Waals surface area contributed by atoms with E-state index in [0.29, 0.717) is 5.82 Å². The van der Waals surface area contributed by atoms with Crippen molar-refractivity contribution >= 4 is 15.7 Å². The van der Waals surface area contributed by atoms with Gasteiger partial charge in [0, 0.05) is 6.04 Å². The Morgan fingerprint density at radius 2 is 2.00 bits per heavy atom. The molecule has 0 bridgehead atoms. The molecule has 2 saturated carbocycles. The van der Waals surface area contributed by atoms with E-state index in [0.717, 1.165) is 38.5 Å². The molecule has 122 valence electrons. The summed E-state index contributed by atoms with van der Waals surface area (Å²) < 4.78 is 26.4. The molecule has 2 fully saturated rings. The first-order valence-electron chi connectivity index (χ1n) is 7.76. The van der Waals surface area contributed by atoms with Crippen LogP contribution in [0.4, 0.5) is 0 Å². The van der Waals surface area contributed by atoms with Gasteiger partial charge in [-0.1, -0.05) is 12.8 Å². The summed E-state index contributed by atoms with van der Waals surface area (Å²) >= 11 is 0. The average Bonchev–Trinajstić information content (AvgIpc) is 2.99. The van der Waals surface area contributed by atoms with Crippen LogP contribution >= 0.6 is 0 Å². The van der Waals surface area contributed by atoms with Crippen LogP contribution in [0.25, 0.3) is 0 Å². The predicted octanol–water partition coefficient (Wildman–Crippen LogP) is 0.370. The number of hydrogen-bond donors (Lipinski definition) is 1. The topological polar surface area (TPSA) is 107 Å². The average molecular weight is 327 g/mol. The van der Waals surface area contributed by atoms with Crippen LogP contribution < -0.4 is 5.32 Å². The molecule has 1 N–H and O–H groups in total. The predicted molar refractivity (Wildman–Crippen MR) is 78.6 cm³/mol. The van der Waals surface area contributed by atoms with E-state index < -0.39 is 21.0 Å². The Kier molecular flexibility index (Phi) is 4.16. The number of carbonyl (C=O) groups is 1. The van der Waals surface area contributed by atoms with Gasteiger partial charge in [-0.2, -0.15) is 0 Å². The van der Waals surface area contributed by atoms with E-state index in [9.17, 15) is 13.2 Å². The molecule has 0 unspecified atom stereocenters. The second-order valence-electron chi connectivity index (χ2n) is 6.21. The van der Waals surface area contributed by atoms with Crippen LogP contribution in [-0.2, 0) is 20.4 Å². The second kappa shape index (κ2) is 5.94. The molecule has 2 aliphatic rings. The van der Waals surface area contributed by atoms with Crippen LogP contribution in [0.3, 0.4) is 0 Å². The molecule has 1 heterocycles. The first-order valence-corrected chi connectivity index (χ1v) is 9.47. The Morgan fingerprint density at radius 3 is 2.64 bits per heavy atom. The van der Waals surface area contributed by atoms with E-state index in [2.05, 4.69) is 20.8 Å². The summed E-state index contributed by atoms with van der Waals surface area (Å²) in [7, 11) is -3.63. The summed E-state index contributed by atoms with van der Waals surface area (Å²) in [4.78, 5) is 12.2. The number of carbonyl (C=O) groups excluding carboxylic acids is 1. The highest BCUT2D eigenvalue weighted by Gasteiger charge is 2.34. The van der Waals surface area contributed by atoms with Crippen LogP contribution in [0, 0.1) is 0 Å². The number of sulfone groups is 1. The third kappa shape index (κ3) is 3.29. The molecular weight excluding hydrogens is 306 g/mol. The maximum absolute atomic E-state index is 12.4. The monoisotopic (exact) mass is 327 g/mol. The van der Waals surface area contributed by atoms with Crippen molar-refractivity contribution in [3.63, 3.8) is 0 Å². The molecule has 3 rings (SSSR count). The molecule has 0 aromatic carbocycles. The van der Waals surface area contributed by atoms with Crippen molar-refractivity contribution < 1.29 is 13.2 Å².